The normalized spacial score (nSPS) is 12.2. The van der Waals surface area contributed by atoms with Gasteiger partial charge < -0.3 is 9.84 Å². The van der Waals surface area contributed by atoms with Gasteiger partial charge in [0.15, 0.2) is 0 Å². The number of rotatable bonds is 4. The molecule has 0 radical (unpaired) electrons. The van der Waals surface area contributed by atoms with Crippen LogP contribution in [0.3, 0.4) is 0 Å². The Balaban J connectivity index is 2.48. The minimum absolute atomic E-state index is 0.608. The number of hydrogen-bond donors (Lipinski definition) is 1. The Bertz CT molecular complexity index is 608. The average molecular weight is 288 g/mol. The molecule has 0 aliphatic heterocycles. The monoisotopic (exact) mass is 288 g/mol. The maximum absolute atomic E-state index is 10.7. The molecule has 1 unspecified atom stereocenters. The molecule has 1 atom stereocenters. The van der Waals surface area contributed by atoms with E-state index < -0.39 is 6.10 Å². The molecule has 0 aliphatic rings. The SMILES string of the molecule is COc1cc(C)c(C(O)c2ccccc2SC)cc1C. The van der Waals surface area contributed by atoms with E-state index in [1.165, 1.54) is 0 Å². The van der Waals surface area contributed by atoms with Gasteiger partial charge in [-0.05, 0) is 60.6 Å². The zero-order chi connectivity index (χ0) is 14.7. The van der Waals surface area contributed by atoms with Crippen LogP contribution in [0.1, 0.15) is 28.4 Å². The van der Waals surface area contributed by atoms with Crippen LogP contribution in [0, 0.1) is 13.8 Å². The number of benzene rings is 2. The van der Waals surface area contributed by atoms with Gasteiger partial charge in [0.05, 0.1) is 7.11 Å². The summed E-state index contributed by atoms with van der Waals surface area (Å²) in [5, 5.41) is 10.7. The number of methoxy groups -OCH3 is 1. The molecule has 0 aromatic heterocycles. The Morgan fingerprint density at radius 2 is 1.75 bits per heavy atom. The molecule has 20 heavy (non-hydrogen) atoms. The molecule has 0 spiro atoms. The van der Waals surface area contributed by atoms with E-state index in [4.69, 9.17) is 4.74 Å². The van der Waals surface area contributed by atoms with Gasteiger partial charge in [0.2, 0.25) is 0 Å². The summed E-state index contributed by atoms with van der Waals surface area (Å²) in [5.74, 6) is 0.858. The summed E-state index contributed by atoms with van der Waals surface area (Å²) in [6, 6.07) is 12.0. The van der Waals surface area contributed by atoms with Crippen LogP contribution in [0.4, 0.5) is 0 Å². The fourth-order valence-electron chi connectivity index (χ4n) is 2.39. The van der Waals surface area contributed by atoms with Crippen molar-refractivity contribution in [3.05, 3.63) is 58.7 Å². The third-order valence-electron chi connectivity index (χ3n) is 3.51. The van der Waals surface area contributed by atoms with Crippen molar-refractivity contribution in [3.63, 3.8) is 0 Å². The quantitative estimate of drug-likeness (QED) is 0.858. The van der Waals surface area contributed by atoms with Crippen LogP contribution in [-0.4, -0.2) is 18.5 Å². The molecular formula is C17H20O2S. The lowest BCUT2D eigenvalue weighted by molar-refractivity contribution is 0.216. The zero-order valence-corrected chi connectivity index (χ0v) is 13.1. The number of hydrogen-bond acceptors (Lipinski definition) is 3. The highest BCUT2D eigenvalue weighted by Crippen LogP contribution is 2.34. The summed E-state index contributed by atoms with van der Waals surface area (Å²) in [6.45, 7) is 4.00. The molecule has 0 amide bonds. The van der Waals surface area contributed by atoms with Crippen LogP contribution in [-0.2, 0) is 0 Å². The summed E-state index contributed by atoms with van der Waals surface area (Å²) < 4.78 is 5.33. The van der Waals surface area contributed by atoms with Crippen molar-refractivity contribution in [3.8, 4) is 5.75 Å². The van der Waals surface area contributed by atoms with Crippen molar-refractivity contribution in [2.75, 3.05) is 13.4 Å². The zero-order valence-electron chi connectivity index (χ0n) is 12.3. The molecule has 2 aromatic carbocycles. The summed E-state index contributed by atoms with van der Waals surface area (Å²) in [6.07, 6.45) is 1.42. The first-order chi connectivity index (χ1) is 9.58. The molecule has 106 valence electrons. The van der Waals surface area contributed by atoms with Crippen molar-refractivity contribution in [2.24, 2.45) is 0 Å². The van der Waals surface area contributed by atoms with E-state index in [0.29, 0.717) is 0 Å². The predicted octanol–water partition coefficient (Wildman–Crippen LogP) is 4.12. The van der Waals surface area contributed by atoms with Gasteiger partial charge in [0, 0.05) is 4.90 Å². The average Bonchev–Trinajstić information content (AvgIpc) is 2.48. The molecule has 0 heterocycles. The highest BCUT2D eigenvalue weighted by molar-refractivity contribution is 7.98. The third-order valence-corrected chi connectivity index (χ3v) is 4.32. The second-order valence-electron chi connectivity index (χ2n) is 4.82. The van der Waals surface area contributed by atoms with Gasteiger partial charge in [-0.3, -0.25) is 0 Å². The lowest BCUT2D eigenvalue weighted by Crippen LogP contribution is -2.04. The molecule has 0 fully saturated rings. The third kappa shape index (κ3) is 2.84. The Morgan fingerprint density at radius 1 is 1.05 bits per heavy atom. The second kappa shape index (κ2) is 6.33. The van der Waals surface area contributed by atoms with Crippen LogP contribution < -0.4 is 4.74 Å². The van der Waals surface area contributed by atoms with Gasteiger partial charge in [-0.25, -0.2) is 0 Å². The van der Waals surface area contributed by atoms with E-state index in [1.54, 1.807) is 18.9 Å². The van der Waals surface area contributed by atoms with Crippen LogP contribution in [0.15, 0.2) is 41.3 Å². The van der Waals surface area contributed by atoms with Crippen LogP contribution in [0.2, 0.25) is 0 Å². The molecule has 0 bridgehead atoms. The van der Waals surface area contributed by atoms with Crippen LogP contribution in [0.5, 0.6) is 5.75 Å². The maximum atomic E-state index is 10.7. The smallest absolute Gasteiger partial charge is 0.122 e. The van der Waals surface area contributed by atoms with Crippen molar-refractivity contribution < 1.29 is 9.84 Å². The van der Waals surface area contributed by atoms with Crippen molar-refractivity contribution in [1.82, 2.24) is 0 Å². The second-order valence-corrected chi connectivity index (χ2v) is 5.67. The molecule has 1 N–H and O–H groups in total. The lowest BCUT2D eigenvalue weighted by Gasteiger charge is -2.18. The summed E-state index contributed by atoms with van der Waals surface area (Å²) in [4.78, 5) is 1.10. The first-order valence-electron chi connectivity index (χ1n) is 6.54. The number of aliphatic hydroxyl groups excluding tert-OH is 1. The maximum Gasteiger partial charge on any atom is 0.122 e. The van der Waals surface area contributed by atoms with Gasteiger partial charge in [0.25, 0.3) is 0 Å². The van der Waals surface area contributed by atoms with Crippen LogP contribution in [0.25, 0.3) is 0 Å². The minimum atomic E-state index is -0.608. The number of ether oxygens (including phenoxy) is 1. The molecule has 2 aromatic rings. The van der Waals surface area contributed by atoms with Crippen molar-refractivity contribution in [1.29, 1.82) is 0 Å². The van der Waals surface area contributed by atoms with E-state index in [1.807, 2.05) is 56.5 Å². The molecule has 0 saturated carbocycles. The lowest BCUT2D eigenvalue weighted by atomic mass is 9.95. The molecular weight excluding hydrogens is 268 g/mol. The first kappa shape index (κ1) is 14.9. The highest BCUT2D eigenvalue weighted by atomic mass is 32.2. The Morgan fingerprint density at radius 3 is 2.40 bits per heavy atom. The van der Waals surface area contributed by atoms with Crippen molar-refractivity contribution in [2.45, 2.75) is 24.8 Å². The van der Waals surface area contributed by atoms with Crippen LogP contribution >= 0.6 is 11.8 Å². The minimum Gasteiger partial charge on any atom is -0.496 e. The molecule has 3 heteroatoms. The standard InChI is InChI=1S/C17H20O2S/c1-11-10-15(19-3)12(2)9-14(11)17(18)13-7-5-6-8-16(13)20-4/h5-10,17-18H,1-4H3. The highest BCUT2D eigenvalue weighted by Gasteiger charge is 2.17. The summed E-state index contributed by atoms with van der Waals surface area (Å²) in [7, 11) is 1.67. The summed E-state index contributed by atoms with van der Waals surface area (Å²) in [5.41, 5.74) is 3.96. The number of aliphatic hydroxyl groups is 1. The fraction of sp³-hybridized carbons (Fsp3) is 0.294. The fourth-order valence-corrected chi connectivity index (χ4v) is 3.02. The van der Waals surface area contributed by atoms with E-state index in [-0.39, 0.29) is 0 Å². The van der Waals surface area contributed by atoms with Gasteiger partial charge in [0.1, 0.15) is 11.9 Å². The molecule has 0 aliphatic carbocycles. The van der Waals surface area contributed by atoms with E-state index in [9.17, 15) is 5.11 Å². The molecule has 0 saturated heterocycles. The molecule has 2 rings (SSSR count). The Labute approximate surface area is 124 Å². The summed E-state index contributed by atoms with van der Waals surface area (Å²) >= 11 is 1.65. The first-order valence-corrected chi connectivity index (χ1v) is 7.77. The van der Waals surface area contributed by atoms with Crippen molar-refractivity contribution >= 4 is 11.8 Å². The van der Waals surface area contributed by atoms with Gasteiger partial charge >= 0.3 is 0 Å². The predicted molar refractivity (Wildman–Crippen MR) is 84.8 cm³/mol. The molecule has 2 nitrogen and oxygen atoms in total. The van der Waals surface area contributed by atoms with E-state index in [0.717, 1.165) is 32.9 Å². The Kier molecular flexibility index (Phi) is 4.73. The van der Waals surface area contributed by atoms with Gasteiger partial charge in [-0.1, -0.05) is 18.2 Å². The number of aryl methyl sites for hydroxylation is 2. The Hall–Kier alpha value is -1.45. The van der Waals surface area contributed by atoms with E-state index in [2.05, 4.69) is 0 Å². The largest absolute Gasteiger partial charge is 0.496 e. The van der Waals surface area contributed by atoms with Gasteiger partial charge in [-0.15, -0.1) is 11.8 Å². The van der Waals surface area contributed by atoms with E-state index >= 15 is 0 Å². The number of thioether (sulfide) groups is 1. The topological polar surface area (TPSA) is 29.5 Å². The van der Waals surface area contributed by atoms with Gasteiger partial charge in [-0.2, -0.15) is 0 Å².